The predicted octanol–water partition coefficient (Wildman–Crippen LogP) is 4.69. The fourth-order valence-corrected chi connectivity index (χ4v) is 3.13. The van der Waals surface area contributed by atoms with Crippen LogP contribution in [0.1, 0.15) is 19.4 Å². The molecule has 3 nitrogen and oxygen atoms in total. The lowest BCUT2D eigenvalue weighted by molar-refractivity contribution is 0.242. The first-order chi connectivity index (χ1) is 11.6. The monoisotopic (exact) mass is 360 g/mol. The molecule has 2 aromatic carbocycles. The summed E-state index contributed by atoms with van der Waals surface area (Å²) in [6.45, 7) is 4.87. The molecule has 0 aliphatic carbocycles. The van der Waals surface area contributed by atoms with E-state index in [-0.39, 0.29) is 6.10 Å². The molecular formula is C19H24N2OS2. The van der Waals surface area contributed by atoms with Crippen molar-refractivity contribution in [1.29, 1.82) is 0 Å². The second-order valence-electron chi connectivity index (χ2n) is 5.61. The Bertz CT molecular complexity index is 632. The Morgan fingerprint density at radius 1 is 1.12 bits per heavy atom. The topological polar surface area (TPSA) is 33.3 Å². The van der Waals surface area contributed by atoms with E-state index in [4.69, 9.17) is 17.0 Å². The second-order valence-corrected chi connectivity index (χ2v) is 7.13. The zero-order chi connectivity index (χ0) is 17.2. The molecule has 0 radical (unpaired) electrons. The number of rotatable bonds is 8. The molecule has 128 valence electrons. The van der Waals surface area contributed by atoms with E-state index in [0.717, 1.165) is 29.5 Å². The maximum absolute atomic E-state index is 5.68. The quantitative estimate of drug-likeness (QED) is 0.527. The normalized spacial score (nSPS) is 10.5. The first-order valence-corrected chi connectivity index (χ1v) is 9.63. The van der Waals surface area contributed by atoms with Gasteiger partial charge in [-0.2, -0.15) is 11.8 Å². The molecule has 2 rings (SSSR count). The molecular weight excluding hydrogens is 336 g/mol. The van der Waals surface area contributed by atoms with Gasteiger partial charge in [0.25, 0.3) is 0 Å². The van der Waals surface area contributed by atoms with Gasteiger partial charge in [-0.1, -0.05) is 36.4 Å². The van der Waals surface area contributed by atoms with Crippen LogP contribution >= 0.6 is 24.0 Å². The number of hydrogen-bond acceptors (Lipinski definition) is 3. The van der Waals surface area contributed by atoms with E-state index in [2.05, 4.69) is 34.9 Å². The van der Waals surface area contributed by atoms with Crippen LogP contribution in [0.5, 0.6) is 5.75 Å². The molecule has 0 aliphatic heterocycles. The van der Waals surface area contributed by atoms with E-state index >= 15 is 0 Å². The van der Waals surface area contributed by atoms with Gasteiger partial charge in [-0.25, -0.2) is 0 Å². The molecule has 0 saturated heterocycles. The Balaban J connectivity index is 1.66. The summed E-state index contributed by atoms with van der Waals surface area (Å²) in [6.07, 6.45) is 0.159. The molecule has 2 N–H and O–H groups in total. The number of benzene rings is 2. The molecule has 0 spiro atoms. The molecule has 0 bridgehead atoms. The third-order valence-electron chi connectivity index (χ3n) is 3.11. The molecule has 2 aromatic rings. The van der Waals surface area contributed by atoms with E-state index in [0.29, 0.717) is 5.11 Å². The van der Waals surface area contributed by atoms with Gasteiger partial charge in [-0.15, -0.1) is 0 Å². The molecule has 0 saturated carbocycles. The van der Waals surface area contributed by atoms with Crippen molar-refractivity contribution in [2.45, 2.75) is 25.7 Å². The number of hydrogen-bond donors (Lipinski definition) is 2. The Morgan fingerprint density at radius 3 is 2.67 bits per heavy atom. The van der Waals surface area contributed by atoms with Crippen molar-refractivity contribution in [1.82, 2.24) is 5.32 Å². The molecule has 0 aromatic heterocycles. The lowest BCUT2D eigenvalue weighted by Gasteiger charge is -2.13. The summed E-state index contributed by atoms with van der Waals surface area (Å²) < 4.78 is 5.68. The van der Waals surface area contributed by atoms with Crippen LogP contribution < -0.4 is 15.4 Å². The average molecular weight is 361 g/mol. The zero-order valence-electron chi connectivity index (χ0n) is 14.1. The average Bonchev–Trinajstić information content (AvgIpc) is 2.55. The molecule has 0 unspecified atom stereocenters. The summed E-state index contributed by atoms with van der Waals surface area (Å²) in [5.41, 5.74) is 2.28. The molecule has 5 heteroatoms. The second kappa shape index (κ2) is 10.2. The fourth-order valence-electron chi connectivity index (χ4n) is 2.10. The van der Waals surface area contributed by atoms with E-state index in [1.165, 1.54) is 5.56 Å². The van der Waals surface area contributed by atoms with Crippen LogP contribution in [-0.2, 0) is 5.75 Å². The fraction of sp³-hybridized carbons (Fsp3) is 0.316. The van der Waals surface area contributed by atoms with Gasteiger partial charge < -0.3 is 15.4 Å². The van der Waals surface area contributed by atoms with Crippen molar-refractivity contribution >= 4 is 34.8 Å². The molecule has 0 amide bonds. The van der Waals surface area contributed by atoms with Crippen molar-refractivity contribution in [2.24, 2.45) is 0 Å². The number of thiocarbonyl (C=S) groups is 1. The number of anilines is 1. The third kappa shape index (κ3) is 7.23. The Morgan fingerprint density at radius 2 is 1.92 bits per heavy atom. The minimum absolute atomic E-state index is 0.159. The van der Waals surface area contributed by atoms with Crippen LogP contribution in [-0.4, -0.2) is 23.5 Å². The third-order valence-corrected chi connectivity index (χ3v) is 4.38. The number of nitrogens with one attached hydrogen (secondary N) is 2. The maximum atomic E-state index is 5.68. The summed E-state index contributed by atoms with van der Waals surface area (Å²) in [5.74, 6) is 2.88. The van der Waals surface area contributed by atoms with Gasteiger partial charge in [0, 0.05) is 29.8 Å². The van der Waals surface area contributed by atoms with Gasteiger partial charge in [-0.3, -0.25) is 0 Å². The molecule has 0 atom stereocenters. The highest BCUT2D eigenvalue weighted by Gasteiger charge is 2.01. The first kappa shape index (κ1) is 18.6. The standard InChI is InChI=1S/C19H24N2OS2/c1-15(2)22-18-10-6-9-17(13-18)21-19(23)20-11-12-24-14-16-7-4-3-5-8-16/h3-10,13,15H,11-12,14H2,1-2H3,(H2,20,21,23). The zero-order valence-corrected chi connectivity index (χ0v) is 15.8. The maximum Gasteiger partial charge on any atom is 0.170 e. The molecule has 0 heterocycles. The Hall–Kier alpha value is -1.72. The molecule has 0 fully saturated rings. The van der Waals surface area contributed by atoms with Crippen LogP contribution in [0.15, 0.2) is 54.6 Å². The van der Waals surface area contributed by atoms with Crippen molar-refractivity contribution in [2.75, 3.05) is 17.6 Å². The lowest BCUT2D eigenvalue weighted by Crippen LogP contribution is -2.30. The van der Waals surface area contributed by atoms with Crippen molar-refractivity contribution in [3.63, 3.8) is 0 Å². The lowest BCUT2D eigenvalue weighted by atomic mass is 10.2. The minimum Gasteiger partial charge on any atom is -0.491 e. The molecule has 24 heavy (non-hydrogen) atoms. The number of thioether (sulfide) groups is 1. The van der Waals surface area contributed by atoms with Gasteiger partial charge in [-0.05, 0) is 43.8 Å². The van der Waals surface area contributed by atoms with Gasteiger partial charge >= 0.3 is 0 Å². The number of ether oxygens (including phenoxy) is 1. The SMILES string of the molecule is CC(C)Oc1cccc(NC(=S)NCCSCc2ccccc2)c1. The van der Waals surface area contributed by atoms with Crippen LogP contribution in [0.3, 0.4) is 0 Å². The smallest absolute Gasteiger partial charge is 0.170 e. The highest BCUT2D eigenvalue weighted by atomic mass is 32.2. The summed E-state index contributed by atoms with van der Waals surface area (Å²) in [6, 6.07) is 18.3. The Kier molecular flexibility index (Phi) is 7.92. The Labute approximate surface area is 154 Å². The van der Waals surface area contributed by atoms with Crippen molar-refractivity contribution < 1.29 is 4.74 Å². The van der Waals surface area contributed by atoms with Crippen molar-refractivity contribution in [3.8, 4) is 5.75 Å². The summed E-state index contributed by atoms with van der Waals surface area (Å²) in [5, 5.41) is 7.07. The summed E-state index contributed by atoms with van der Waals surface area (Å²) in [7, 11) is 0. The predicted molar refractivity (Wildman–Crippen MR) is 109 cm³/mol. The minimum atomic E-state index is 0.159. The van der Waals surface area contributed by atoms with Crippen LogP contribution in [0.4, 0.5) is 5.69 Å². The van der Waals surface area contributed by atoms with Crippen LogP contribution in [0, 0.1) is 0 Å². The van der Waals surface area contributed by atoms with Crippen molar-refractivity contribution in [3.05, 3.63) is 60.2 Å². The summed E-state index contributed by atoms with van der Waals surface area (Å²) in [4.78, 5) is 0. The van der Waals surface area contributed by atoms with Gasteiger partial charge in [0.2, 0.25) is 0 Å². The van der Waals surface area contributed by atoms with Gasteiger partial charge in [0.05, 0.1) is 6.10 Å². The largest absolute Gasteiger partial charge is 0.491 e. The van der Waals surface area contributed by atoms with E-state index < -0.39 is 0 Å². The highest BCUT2D eigenvalue weighted by molar-refractivity contribution is 7.98. The van der Waals surface area contributed by atoms with E-state index in [1.807, 2.05) is 55.9 Å². The van der Waals surface area contributed by atoms with E-state index in [1.54, 1.807) is 0 Å². The van der Waals surface area contributed by atoms with Crippen LogP contribution in [0.25, 0.3) is 0 Å². The van der Waals surface area contributed by atoms with E-state index in [9.17, 15) is 0 Å². The first-order valence-electron chi connectivity index (χ1n) is 8.07. The van der Waals surface area contributed by atoms with Crippen LogP contribution in [0.2, 0.25) is 0 Å². The van der Waals surface area contributed by atoms with Gasteiger partial charge in [0.15, 0.2) is 5.11 Å². The highest BCUT2D eigenvalue weighted by Crippen LogP contribution is 2.18. The molecule has 0 aliphatic rings. The van der Waals surface area contributed by atoms with Gasteiger partial charge in [0.1, 0.15) is 5.75 Å². The summed E-state index contributed by atoms with van der Waals surface area (Å²) >= 11 is 7.23.